The molecule has 158 valence electrons. The summed E-state index contributed by atoms with van der Waals surface area (Å²) in [6.07, 6.45) is 1.07. The van der Waals surface area contributed by atoms with E-state index < -0.39 is 29.7 Å². The lowest BCUT2D eigenvalue weighted by Crippen LogP contribution is -2.54. The monoisotopic (exact) mass is 418 g/mol. The average Bonchev–Trinajstić information content (AvgIpc) is 2.90. The Balaban J connectivity index is 1.42. The maximum absolute atomic E-state index is 13.1. The maximum Gasteiger partial charge on any atom is 0.262 e. The summed E-state index contributed by atoms with van der Waals surface area (Å²) >= 11 is 0. The van der Waals surface area contributed by atoms with Crippen LogP contribution in [0.5, 0.6) is 0 Å². The van der Waals surface area contributed by atoms with Crippen LogP contribution >= 0.6 is 0 Å². The molecule has 2 atom stereocenters. The molecule has 3 aliphatic heterocycles. The molecule has 8 nitrogen and oxygen atoms in total. The van der Waals surface area contributed by atoms with E-state index in [2.05, 4.69) is 16.3 Å². The first kappa shape index (κ1) is 19.4. The van der Waals surface area contributed by atoms with Gasteiger partial charge in [-0.2, -0.15) is 0 Å². The normalized spacial score (nSPS) is 23.4. The second-order valence-corrected chi connectivity index (χ2v) is 8.18. The fraction of sp³-hybridized carbons (Fsp3) is 0.304. The molecule has 0 bridgehead atoms. The number of benzene rings is 2. The third-order valence-electron chi connectivity index (χ3n) is 6.31. The van der Waals surface area contributed by atoms with Crippen molar-refractivity contribution in [3.05, 3.63) is 64.7 Å². The van der Waals surface area contributed by atoms with E-state index in [0.717, 1.165) is 29.1 Å². The van der Waals surface area contributed by atoms with Gasteiger partial charge in [-0.3, -0.25) is 29.4 Å². The van der Waals surface area contributed by atoms with Gasteiger partial charge in [-0.25, -0.2) is 0 Å². The van der Waals surface area contributed by atoms with Crippen LogP contribution in [0.4, 0.5) is 5.69 Å². The molecule has 2 aromatic rings. The molecular weight excluding hydrogens is 396 g/mol. The Morgan fingerprint density at radius 2 is 1.71 bits per heavy atom. The van der Waals surface area contributed by atoms with Crippen molar-refractivity contribution in [3.8, 4) is 0 Å². The van der Waals surface area contributed by atoms with Gasteiger partial charge in [-0.1, -0.05) is 24.3 Å². The van der Waals surface area contributed by atoms with Gasteiger partial charge in [0.05, 0.1) is 11.1 Å². The van der Waals surface area contributed by atoms with Crippen molar-refractivity contribution < 1.29 is 19.2 Å². The molecule has 31 heavy (non-hydrogen) atoms. The van der Waals surface area contributed by atoms with Crippen molar-refractivity contribution >= 4 is 29.3 Å². The highest BCUT2D eigenvalue weighted by atomic mass is 16.2. The lowest BCUT2D eigenvalue weighted by atomic mass is 10.0. The molecule has 2 unspecified atom stereocenters. The minimum Gasteiger partial charge on any atom is -0.369 e. The molecule has 0 aliphatic carbocycles. The fourth-order valence-corrected chi connectivity index (χ4v) is 4.70. The Morgan fingerprint density at radius 1 is 0.935 bits per heavy atom. The van der Waals surface area contributed by atoms with Gasteiger partial charge in [-0.15, -0.1) is 0 Å². The van der Waals surface area contributed by atoms with Crippen molar-refractivity contribution in [2.75, 3.05) is 18.0 Å². The summed E-state index contributed by atoms with van der Waals surface area (Å²) in [6.45, 7) is 1.33. The van der Waals surface area contributed by atoms with E-state index in [4.69, 9.17) is 5.73 Å². The van der Waals surface area contributed by atoms with Crippen LogP contribution in [0.1, 0.15) is 50.7 Å². The summed E-state index contributed by atoms with van der Waals surface area (Å²) in [4.78, 5) is 52.7. The standard InChI is InChI=1S/C23H22N4O4/c24-18-12-26(10-9-13-3-1-2-4-15(13)18)14-5-6-16-17(11-14)23(31)27(22(16)30)19-7-8-20(28)25-21(19)29/h1-6,11,18-19H,7-10,12,24H2,(H,25,28,29). The van der Waals surface area contributed by atoms with Crippen molar-refractivity contribution in [1.29, 1.82) is 0 Å². The second-order valence-electron chi connectivity index (χ2n) is 8.18. The molecule has 3 N–H and O–H groups in total. The van der Waals surface area contributed by atoms with Crippen LogP contribution in [0.25, 0.3) is 0 Å². The number of nitrogens with one attached hydrogen (secondary N) is 1. The molecule has 3 heterocycles. The number of amides is 4. The van der Waals surface area contributed by atoms with E-state index >= 15 is 0 Å². The first-order valence-corrected chi connectivity index (χ1v) is 10.4. The molecule has 3 aliphatic rings. The SMILES string of the molecule is NC1CN(c2ccc3c(c2)C(=O)N(C2CCC(=O)NC2=O)C3=O)CCc2ccccc21. The molecule has 0 saturated carbocycles. The number of fused-ring (bicyclic) bond motifs is 2. The summed E-state index contributed by atoms with van der Waals surface area (Å²) in [5.74, 6) is -2.00. The van der Waals surface area contributed by atoms with Gasteiger partial charge in [0.15, 0.2) is 0 Å². The van der Waals surface area contributed by atoms with E-state index in [-0.39, 0.29) is 30.0 Å². The second kappa shape index (κ2) is 7.31. The van der Waals surface area contributed by atoms with E-state index in [0.29, 0.717) is 6.54 Å². The topological polar surface area (TPSA) is 113 Å². The van der Waals surface area contributed by atoms with Crippen molar-refractivity contribution in [1.82, 2.24) is 10.2 Å². The van der Waals surface area contributed by atoms with Gasteiger partial charge in [0.1, 0.15) is 6.04 Å². The minimum atomic E-state index is -0.963. The number of rotatable bonds is 2. The minimum absolute atomic E-state index is 0.0985. The van der Waals surface area contributed by atoms with Crippen molar-refractivity contribution in [3.63, 3.8) is 0 Å². The average molecular weight is 418 g/mol. The van der Waals surface area contributed by atoms with Crippen molar-refractivity contribution in [2.24, 2.45) is 5.73 Å². The molecule has 0 aromatic heterocycles. The van der Waals surface area contributed by atoms with Gasteiger partial charge >= 0.3 is 0 Å². The lowest BCUT2D eigenvalue weighted by Gasteiger charge is -2.27. The van der Waals surface area contributed by atoms with Crippen LogP contribution in [-0.2, 0) is 16.0 Å². The summed E-state index contributed by atoms with van der Waals surface area (Å²) in [6, 6.07) is 12.2. The molecular formula is C23H22N4O4. The Labute approximate surface area is 179 Å². The van der Waals surface area contributed by atoms with Crippen LogP contribution in [0.2, 0.25) is 0 Å². The van der Waals surface area contributed by atoms with Crippen LogP contribution in [0.15, 0.2) is 42.5 Å². The molecule has 0 spiro atoms. The van der Waals surface area contributed by atoms with Crippen LogP contribution in [0, 0.1) is 0 Å². The number of hydrogen-bond acceptors (Lipinski definition) is 6. The summed E-state index contributed by atoms with van der Waals surface area (Å²) in [5, 5.41) is 2.21. The van der Waals surface area contributed by atoms with Gasteiger partial charge in [0, 0.05) is 31.2 Å². The Morgan fingerprint density at radius 3 is 2.52 bits per heavy atom. The van der Waals surface area contributed by atoms with Crippen LogP contribution in [-0.4, -0.2) is 47.7 Å². The fourth-order valence-electron chi connectivity index (χ4n) is 4.70. The molecule has 1 fully saturated rings. The zero-order valence-corrected chi connectivity index (χ0v) is 16.8. The number of piperidine rings is 1. The zero-order chi connectivity index (χ0) is 21.7. The highest BCUT2D eigenvalue weighted by molar-refractivity contribution is 6.23. The Hall–Kier alpha value is -3.52. The van der Waals surface area contributed by atoms with Gasteiger partial charge in [-0.05, 0) is 42.2 Å². The highest BCUT2D eigenvalue weighted by Crippen LogP contribution is 2.32. The first-order valence-electron chi connectivity index (χ1n) is 10.4. The predicted octanol–water partition coefficient (Wildman–Crippen LogP) is 1.15. The number of hydrogen-bond donors (Lipinski definition) is 2. The van der Waals surface area contributed by atoms with Gasteiger partial charge in [0.2, 0.25) is 11.8 Å². The van der Waals surface area contributed by atoms with Gasteiger partial charge < -0.3 is 10.6 Å². The molecule has 4 amide bonds. The van der Waals surface area contributed by atoms with Crippen molar-refractivity contribution in [2.45, 2.75) is 31.3 Å². The summed E-state index contributed by atoms with van der Waals surface area (Å²) in [7, 11) is 0. The first-order chi connectivity index (χ1) is 14.9. The number of nitrogens with two attached hydrogens (primary N) is 1. The number of carbonyl (C=O) groups excluding carboxylic acids is 4. The van der Waals surface area contributed by atoms with Gasteiger partial charge in [0.25, 0.3) is 11.8 Å². The summed E-state index contributed by atoms with van der Waals surface area (Å²) < 4.78 is 0. The number of nitrogens with zero attached hydrogens (tertiary/aromatic N) is 2. The van der Waals surface area contributed by atoms with E-state index in [1.807, 2.05) is 24.3 Å². The molecule has 1 saturated heterocycles. The third-order valence-corrected chi connectivity index (χ3v) is 6.31. The van der Waals surface area contributed by atoms with Crippen LogP contribution < -0.4 is 16.0 Å². The molecule has 0 radical (unpaired) electrons. The van der Waals surface area contributed by atoms with E-state index in [1.54, 1.807) is 12.1 Å². The Bertz CT molecular complexity index is 1130. The molecule has 8 heteroatoms. The molecule has 2 aromatic carbocycles. The highest BCUT2D eigenvalue weighted by Gasteiger charge is 2.44. The Kier molecular flexibility index (Phi) is 4.59. The number of carbonyl (C=O) groups is 4. The quantitative estimate of drug-likeness (QED) is 0.708. The van der Waals surface area contributed by atoms with E-state index in [1.165, 1.54) is 5.56 Å². The smallest absolute Gasteiger partial charge is 0.262 e. The predicted molar refractivity (Wildman–Crippen MR) is 112 cm³/mol. The number of anilines is 1. The lowest BCUT2D eigenvalue weighted by molar-refractivity contribution is -0.136. The number of imide groups is 2. The summed E-state index contributed by atoms with van der Waals surface area (Å²) in [5.41, 5.74) is 10.2. The largest absolute Gasteiger partial charge is 0.369 e. The molecule has 5 rings (SSSR count). The third kappa shape index (κ3) is 3.19. The zero-order valence-electron chi connectivity index (χ0n) is 16.8. The van der Waals surface area contributed by atoms with Crippen LogP contribution in [0.3, 0.4) is 0 Å². The maximum atomic E-state index is 13.1. The van der Waals surface area contributed by atoms with E-state index in [9.17, 15) is 19.2 Å².